The van der Waals surface area contributed by atoms with Crippen molar-refractivity contribution >= 4 is 27.5 Å². The smallest absolute Gasteiger partial charge is 0.244 e. The second-order valence-electron chi connectivity index (χ2n) is 3.70. The average Bonchev–Trinajstić information content (AvgIpc) is 2.27. The lowest BCUT2D eigenvalue weighted by molar-refractivity contribution is -0.118. The van der Waals surface area contributed by atoms with Crippen molar-refractivity contribution in [1.29, 1.82) is 0 Å². The molecule has 18 heavy (non-hydrogen) atoms. The van der Waals surface area contributed by atoms with Gasteiger partial charge in [-0.25, -0.2) is 8.42 Å². The molecule has 1 amide bonds. The second kappa shape index (κ2) is 5.66. The number of amides is 1. The maximum Gasteiger partial charge on any atom is 0.244 e. The molecule has 0 unspecified atom stereocenters. The van der Waals surface area contributed by atoms with E-state index in [2.05, 4.69) is 0 Å². The van der Waals surface area contributed by atoms with E-state index in [9.17, 15) is 13.2 Å². The summed E-state index contributed by atoms with van der Waals surface area (Å²) in [4.78, 5) is 10.7. The van der Waals surface area contributed by atoms with Gasteiger partial charge in [-0.2, -0.15) is 4.31 Å². The van der Waals surface area contributed by atoms with Crippen LogP contribution in [0.3, 0.4) is 0 Å². The summed E-state index contributed by atoms with van der Waals surface area (Å²) in [5, 5.41) is 0.0641. The first-order valence-corrected chi connectivity index (χ1v) is 6.84. The minimum atomic E-state index is -3.83. The van der Waals surface area contributed by atoms with Gasteiger partial charge in [0.1, 0.15) is 4.90 Å². The molecular formula is C10H14ClN3O3S. The van der Waals surface area contributed by atoms with Gasteiger partial charge in [0.15, 0.2) is 0 Å². The highest BCUT2D eigenvalue weighted by molar-refractivity contribution is 7.89. The Bertz CT molecular complexity index is 559. The number of likely N-dealkylation sites (N-methyl/N-ethyl adjacent to an activating group) is 1. The lowest BCUT2D eigenvalue weighted by atomic mass is 10.2. The average molecular weight is 292 g/mol. The highest BCUT2D eigenvalue weighted by Gasteiger charge is 2.24. The highest BCUT2D eigenvalue weighted by atomic mass is 35.5. The first-order valence-electron chi connectivity index (χ1n) is 5.02. The van der Waals surface area contributed by atoms with E-state index in [1.807, 2.05) is 0 Å². The molecular weight excluding hydrogens is 278 g/mol. The molecule has 6 nitrogen and oxygen atoms in total. The quantitative estimate of drug-likeness (QED) is 0.790. The minimum absolute atomic E-state index is 0.0641. The third-order valence-corrected chi connectivity index (χ3v) is 4.59. The van der Waals surface area contributed by atoms with Gasteiger partial charge in [-0.1, -0.05) is 17.7 Å². The number of carbonyl (C=O) groups excluding carboxylic acids is 1. The van der Waals surface area contributed by atoms with Gasteiger partial charge in [-0.05, 0) is 17.7 Å². The zero-order valence-electron chi connectivity index (χ0n) is 9.76. The van der Waals surface area contributed by atoms with Crippen LogP contribution in [0.25, 0.3) is 0 Å². The minimum Gasteiger partial charge on any atom is -0.369 e. The predicted molar refractivity (Wildman–Crippen MR) is 68.4 cm³/mol. The van der Waals surface area contributed by atoms with Crippen LogP contribution < -0.4 is 11.5 Å². The molecule has 0 saturated heterocycles. The van der Waals surface area contributed by atoms with Crippen LogP contribution in [0.2, 0.25) is 5.02 Å². The first-order chi connectivity index (χ1) is 8.28. The fraction of sp³-hybridized carbons (Fsp3) is 0.300. The highest BCUT2D eigenvalue weighted by Crippen LogP contribution is 2.24. The van der Waals surface area contributed by atoms with Gasteiger partial charge in [-0.3, -0.25) is 4.79 Å². The van der Waals surface area contributed by atoms with E-state index in [1.165, 1.54) is 19.2 Å². The number of benzene rings is 1. The van der Waals surface area contributed by atoms with Crippen molar-refractivity contribution < 1.29 is 13.2 Å². The Morgan fingerprint density at radius 2 is 2.06 bits per heavy atom. The predicted octanol–water partition coefficient (Wildman–Crippen LogP) is -0.0955. The van der Waals surface area contributed by atoms with Crippen molar-refractivity contribution in [2.75, 3.05) is 13.6 Å². The van der Waals surface area contributed by atoms with E-state index in [0.29, 0.717) is 0 Å². The van der Waals surface area contributed by atoms with Crippen molar-refractivity contribution in [1.82, 2.24) is 4.31 Å². The number of halogens is 1. The van der Waals surface area contributed by atoms with E-state index in [4.69, 9.17) is 23.1 Å². The van der Waals surface area contributed by atoms with E-state index in [1.54, 1.807) is 6.07 Å². The molecule has 1 rings (SSSR count). The van der Waals surface area contributed by atoms with Crippen LogP contribution in [0.15, 0.2) is 23.1 Å². The zero-order chi connectivity index (χ0) is 13.9. The molecule has 0 radical (unpaired) electrons. The molecule has 0 saturated carbocycles. The van der Waals surface area contributed by atoms with Gasteiger partial charge in [0, 0.05) is 13.6 Å². The Morgan fingerprint density at radius 1 is 1.44 bits per heavy atom. The summed E-state index contributed by atoms with van der Waals surface area (Å²) < 4.78 is 25.0. The number of nitrogens with two attached hydrogens (primary N) is 2. The number of nitrogens with zero attached hydrogens (tertiary/aromatic N) is 1. The summed E-state index contributed by atoms with van der Waals surface area (Å²) in [5.41, 5.74) is 11.1. The Hall–Kier alpha value is -1.15. The zero-order valence-corrected chi connectivity index (χ0v) is 11.3. The number of primary amides is 1. The molecule has 0 heterocycles. The number of rotatable bonds is 5. The summed E-state index contributed by atoms with van der Waals surface area (Å²) in [7, 11) is -2.57. The number of hydrogen-bond donors (Lipinski definition) is 2. The Labute approximate surface area is 111 Å². The summed E-state index contributed by atoms with van der Waals surface area (Å²) in [5.74, 6) is -0.740. The third-order valence-electron chi connectivity index (χ3n) is 2.30. The SMILES string of the molecule is CN(CC(N)=O)S(=O)(=O)c1ccc(CN)cc1Cl. The van der Waals surface area contributed by atoms with Crippen LogP contribution >= 0.6 is 11.6 Å². The van der Waals surface area contributed by atoms with Gasteiger partial charge in [-0.15, -0.1) is 0 Å². The molecule has 0 aliphatic carbocycles. The van der Waals surface area contributed by atoms with Crippen molar-refractivity contribution in [2.45, 2.75) is 11.4 Å². The van der Waals surface area contributed by atoms with Crippen LogP contribution in [0.1, 0.15) is 5.56 Å². The molecule has 8 heteroatoms. The second-order valence-corrected chi connectivity index (χ2v) is 6.12. The molecule has 0 fully saturated rings. The summed E-state index contributed by atoms with van der Waals surface area (Å²) >= 11 is 5.90. The van der Waals surface area contributed by atoms with Crippen molar-refractivity contribution in [3.8, 4) is 0 Å². The number of carbonyl (C=O) groups is 1. The van der Waals surface area contributed by atoms with Crippen LogP contribution in [-0.2, 0) is 21.4 Å². The van der Waals surface area contributed by atoms with Gasteiger partial charge in [0.25, 0.3) is 0 Å². The van der Waals surface area contributed by atoms with Gasteiger partial charge in [0.05, 0.1) is 11.6 Å². The fourth-order valence-corrected chi connectivity index (χ4v) is 3.03. The Kier molecular flexibility index (Phi) is 4.69. The summed E-state index contributed by atoms with van der Waals surface area (Å²) in [6.07, 6.45) is 0. The fourth-order valence-electron chi connectivity index (χ4n) is 1.35. The number of hydrogen-bond acceptors (Lipinski definition) is 4. The lowest BCUT2D eigenvalue weighted by Gasteiger charge is -2.16. The third kappa shape index (κ3) is 3.20. The van der Waals surface area contributed by atoms with Gasteiger partial charge >= 0.3 is 0 Å². The van der Waals surface area contributed by atoms with Gasteiger partial charge < -0.3 is 11.5 Å². The first kappa shape index (κ1) is 14.9. The molecule has 0 bridgehead atoms. The molecule has 0 aliphatic rings. The van der Waals surface area contributed by atoms with E-state index in [0.717, 1.165) is 9.87 Å². The Morgan fingerprint density at radius 3 is 2.50 bits per heavy atom. The Balaban J connectivity index is 3.16. The maximum absolute atomic E-state index is 12.1. The normalized spacial score (nSPS) is 11.8. The summed E-state index contributed by atoms with van der Waals surface area (Å²) in [6, 6.07) is 4.40. The molecule has 1 aromatic carbocycles. The van der Waals surface area contributed by atoms with Crippen molar-refractivity contribution in [2.24, 2.45) is 11.5 Å². The van der Waals surface area contributed by atoms with Crippen LogP contribution in [-0.4, -0.2) is 32.2 Å². The maximum atomic E-state index is 12.1. The van der Waals surface area contributed by atoms with E-state index < -0.39 is 22.5 Å². The van der Waals surface area contributed by atoms with Crippen molar-refractivity contribution in [3.63, 3.8) is 0 Å². The monoisotopic (exact) mass is 291 g/mol. The number of sulfonamides is 1. The molecule has 0 spiro atoms. The molecule has 4 N–H and O–H groups in total. The topological polar surface area (TPSA) is 106 Å². The molecule has 0 aliphatic heterocycles. The van der Waals surface area contributed by atoms with E-state index >= 15 is 0 Å². The molecule has 0 atom stereocenters. The van der Waals surface area contributed by atoms with E-state index in [-0.39, 0.29) is 16.5 Å². The standard InChI is InChI=1S/C10H14ClN3O3S/c1-14(6-10(13)15)18(16,17)9-3-2-7(5-12)4-8(9)11/h2-4H,5-6,12H2,1H3,(H2,13,15). The molecule has 1 aromatic rings. The van der Waals surface area contributed by atoms with Gasteiger partial charge in [0.2, 0.25) is 15.9 Å². The largest absolute Gasteiger partial charge is 0.369 e. The van der Waals surface area contributed by atoms with Crippen molar-refractivity contribution in [3.05, 3.63) is 28.8 Å². The van der Waals surface area contributed by atoms with Crippen LogP contribution in [0, 0.1) is 0 Å². The van der Waals surface area contributed by atoms with Crippen LogP contribution in [0.5, 0.6) is 0 Å². The van der Waals surface area contributed by atoms with Crippen LogP contribution in [0.4, 0.5) is 0 Å². The molecule has 0 aromatic heterocycles. The molecule has 100 valence electrons. The summed E-state index contributed by atoms with van der Waals surface area (Å²) in [6.45, 7) is -0.144. The lowest BCUT2D eigenvalue weighted by Crippen LogP contribution is -2.35.